The van der Waals surface area contributed by atoms with Crippen molar-refractivity contribution in [2.75, 3.05) is 0 Å². The Kier molecular flexibility index (Phi) is 22.1. The van der Waals surface area contributed by atoms with Crippen molar-refractivity contribution in [3.8, 4) is 0 Å². The molecule has 0 amide bonds. The van der Waals surface area contributed by atoms with Gasteiger partial charge < -0.3 is 9.90 Å². The molecule has 0 atom stereocenters. The molecule has 0 saturated carbocycles. The third-order valence-corrected chi connectivity index (χ3v) is 3.98. The van der Waals surface area contributed by atoms with Crippen molar-refractivity contribution in [1.29, 1.82) is 0 Å². The van der Waals surface area contributed by atoms with E-state index in [-0.39, 0.29) is 23.2 Å². The van der Waals surface area contributed by atoms with Gasteiger partial charge in [0, 0.05) is 5.97 Å². The Labute approximate surface area is 142 Å². The molecule has 0 aliphatic rings. The molecule has 0 N–H and O–H groups in total. The Morgan fingerprint density at radius 3 is 1.19 bits per heavy atom. The molecule has 0 saturated heterocycles. The first-order chi connectivity index (χ1) is 9.77. The van der Waals surface area contributed by atoms with Crippen LogP contribution in [0.15, 0.2) is 0 Å². The Morgan fingerprint density at radius 1 is 0.619 bits per heavy atom. The van der Waals surface area contributed by atoms with E-state index in [9.17, 15) is 9.90 Å². The van der Waals surface area contributed by atoms with E-state index in [1.54, 1.807) is 0 Å². The van der Waals surface area contributed by atoms with Gasteiger partial charge in [-0.3, -0.25) is 0 Å². The van der Waals surface area contributed by atoms with Crippen LogP contribution < -0.4 is 5.11 Å². The molecule has 3 heteroatoms. The standard InChI is InChI=1S/C18H36O2.Co/c1-2-3-4-5-6-7-8-9-10-11-12-13-14-15-16-17-18(19)20;/h2-17H2,1H3,(H,19,20);/q;+2/p-1. The van der Waals surface area contributed by atoms with Gasteiger partial charge >= 0.3 is 16.8 Å². The Bertz CT molecular complexity index is 207. The Hall–Kier alpha value is -0.0235. The zero-order valence-corrected chi connectivity index (χ0v) is 15.0. The summed E-state index contributed by atoms with van der Waals surface area (Å²) in [6.45, 7) is 2.27. The van der Waals surface area contributed by atoms with Gasteiger partial charge in [0.15, 0.2) is 0 Å². The van der Waals surface area contributed by atoms with Crippen LogP contribution >= 0.6 is 0 Å². The van der Waals surface area contributed by atoms with Crippen LogP contribution in [0.4, 0.5) is 0 Å². The first-order valence-electron chi connectivity index (χ1n) is 8.97. The molecule has 0 aliphatic heterocycles. The average Bonchev–Trinajstić information content (AvgIpc) is 2.43. The number of carbonyl (C=O) groups excluding carboxylic acids is 1. The largest absolute Gasteiger partial charge is 2.00 e. The zero-order valence-electron chi connectivity index (χ0n) is 14.0. The summed E-state index contributed by atoms with van der Waals surface area (Å²) in [6.07, 6.45) is 19.9. The number of unbranched alkanes of at least 4 members (excludes halogenated alkanes) is 14. The van der Waals surface area contributed by atoms with Crippen molar-refractivity contribution in [3.05, 3.63) is 0 Å². The van der Waals surface area contributed by atoms with Gasteiger partial charge in [0.2, 0.25) is 0 Å². The number of aliphatic carboxylic acids is 1. The van der Waals surface area contributed by atoms with Crippen molar-refractivity contribution in [2.24, 2.45) is 0 Å². The first kappa shape index (κ1) is 23.2. The number of hydrogen-bond donors (Lipinski definition) is 0. The van der Waals surface area contributed by atoms with E-state index in [1.807, 2.05) is 0 Å². The van der Waals surface area contributed by atoms with Crippen LogP contribution in [-0.4, -0.2) is 5.97 Å². The molecule has 0 fully saturated rings. The van der Waals surface area contributed by atoms with E-state index in [4.69, 9.17) is 0 Å². The maximum atomic E-state index is 10.2. The minimum absolute atomic E-state index is 0. The van der Waals surface area contributed by atoms with Crippen LogP contribution in [0.1, 0.15) is 110 Å². The molecule has 0 unspecified atom stereocenters. The minimum Gasteiger partial charge on any atom is -0.550 e. The summed E-state index contributed by atoms with van der Waals surface area (Å²) in [6, 6.07) is 0. The number of rotatable bonds is 16. The molecule has 0 bridgehead atoms. The van der Waals surface area contributed by atoms with Gasteiger partial charge in [-0.2, -0.15) is 0 Å². The minimum atomic E-state index is -0.903. The maximum Gasteiger partial charge on any atom is 2.00 e. The summed E-state index contributed by atoms with van der Waals surface area (Å²) in [5.41, 5.74) is 0. The van der Waals surface area contributed by atoms with Gasteiger partial charge in [0.05, 0.1) is 0 Å². The second-order valence-corrected chi connectivity index (χ2v) is 6.07. The van der Waals surface area contributed by atoms with E-state index in [2.05, 4.69) is 6.92 Å². The maximum absolute atomic E-state index is 10.2. The van der Waals surface area contributed by atoms with E-state index < -0.39 is 5.97 Å². The second-order valence-electron chi connectivity index (χ2n) is 6.07. The summed E-state index contributed by atoms with van der Waals surface area (Å²) in [7, 11) is 0. The molecule has 0 aromatic carbocycles. The monoisotopic (exact) mass is 342 g/mol. The van der Waals surface area contributed by atoms with Gasteiger partial charge in [-0.15, -0.1) is 0 Å². The zero-order chi connectivity index (χ0) is 14.9. The van der Waals surface area contributed by atoms with Gasteiger partial charge in [-0.05, 0) is 12.8 Å². The van der Waals surface area contributed by atoms with Gasteiger partial charge in [0.1, 0.15) is 0 Å². The summed E-state index contributed by atoms with van der Waals surface area (Å²) < 4.78 is 0. The van der Waals surface area contributed by atoms with Crippen molar-refractivity contribution in [3.63, 3.8) is 0 Å². The van der Waals surface area contributed by atoms with Crippen LogP contribution in [0, 0.1) is 0 Å². The normalized spacial score (nSPS) is 10.3. The van der Waals surface area contributed by atoms with E-state index in [0.29, 0.717) is 0 Å². The van der Waals surface area contributed by atoms with Crippen molar-refractivity contribution >= 4 is 5.97 Å². The van der Waals surface area contributed by atoms with Gasteiger partial charge in [0.25, 0.3) is 0 Å². The topological polar surface area (TPSA) is 40.1 Å². The quantitative estimate of drug-likeness (QED) is 0.371. The molecule has 0 heterocycles. The molecule has 0 spiro atoms. The predicted molar refractivity (Wildman–Crippen MR) is 84.6 cm³/mol. The molecule has 0 aromatic heterocycles. The molecule has 0 aromatic rings. The Balaban J connectivity index is 0. The van der Waals surface area contributed by atoms with Crippen molar-refractivity contribution < 1.29 is 26.7 Å². The summed E-state index contributed by atoms with van der Waals surface area (Å²) in [5.74, 6) is -0.903. The summed E-state index contributed by atoms with van der Waals surface area (Å²) in [5, 5.41) is 10.2. The number of hydrogen-bond acceptors (Lipinski definition) is 2. The van der Waals surface area contributed by atoms with Crippen molar-refractivity contribution in [2.45, 2.75) is 110 Å². The molecular formula is C18H35CoO2+. The number of carboxylic acid groups (broad SMARTS) is 1. The summed E-state index contributed by atoms with van der Waals surface area (Å²) in [4.78, 5) is 10.2. The van der Waals surface area contributed by atoms with Crippen molar-refractivity contribution in [1.82, 2.24) is 0 Å². The third-order valence-electron chi connectivity index (χ3n) is 3.98. The average molecular weight is 342 g/mol. The molecule has 2 nitrogen and oxygen atoms in total. The van der Waals surface area contributed by atoms with E-state index >= 15 is 0 Å². The smallest absolute Gasteiger partial charge is 0.550 e. The molecule has 127 valence electrons. The van der Waals surface area contributed by atoms with Crippen LogP contribution in [0.3, 0.4) is 0 Å². The third kappa shape index (κ3) is 22.4. The predicted octanol–water partition coefficient (Wildman–Crippen LogP) is 5.00. The SMILES string of the molecule is CCCCCCCCCCCCCCCCCC(=O)[O-].[Co+2]. The van der Waals surface area contributed by atoms with Crippen LogP contribution in [0.25, 0.3) is 0 Å². The van der Waals surface area contributed by atoms with Gasteiger partial charge in [-0.25, -0.2) is 0 Å². The second kappa shape index (κ2) is 20.0. The summed E-state index contributed by atoms with van der Waals surface area (Å²) >= 11 is 0. The number of carboxylic acids is 1. The Morgan fingerprint density at radius 2 is 0.905 bits per heavy atom. The fourth-order valence-corrected chi connectivity index (χ4v) is 2.64. The van der Waals surface area contributed by atoms with E-state index in [0.717, 1.165) is 12.8 Å². The molecule has 1 radical (unpaired) electrons. The molecule has 0 rings (SSSR count). The fourth-order valence-electron chi connectivity index (χ4n) is 2.64. The molecule has 0 aliphatic carbocycles. The van der Waals surface area contributed by atoms with Crippen LogP contribution in [0.2, 0.25) is 0 Å². The first-order valence-corrected chi connectivity index (χ1v) is 8.97. The van der Waals surface area contributed by atoms with E-state index in [1.165, 1.54) is 83.5 Å². The van der Waals surface area contributed by atoms with Crippen LogP contribution in [0.5, 0.6) is 0 Å². The molecular weight excluding hydrogens is 307 g/mol. The van der Waals surface area contributed by atoms with Crippen LogP contribution in [-0.2, 0) is 21.6 Å². The molecule has 21 heavy (non-hydrogen) atoms. The number of carbonyl (C=O) groups is 1. The van der Waals surface area contributed by atoms with Gasteiger partial charge in [-0.1, -0.05) is 96.8 Å². The fraction of sp³-hybridized carbons (Fsp3) is 0.944.